The molecule has 2 aliphatic rings. The Morgan fingerprint density at radius 2 is 2.00 bits per heavy atom. The molecule has 1 aliphatic carbocycles. The van der Waals surface area contributed by atoms with E-state index < -0.39 is 0 Å². The first-order chi connectivity index (χ1) is 12.7. The second kappa shape index (κ2) is 7.68. The Hall–Kier alpha value is -2.05. The number of amides is 1. The van der Waals surface area contributed by atoms with Crippen LogP contribution in [0.1, 0.15) is 22.6 Å². The third-order valence-electron chi connectivity index (χ3n) is 4.65. The molecule has 1 aromatic carbocycles. The molecule has 0 bridgehead atoms. The van der Waals surface area contributed by atoms with Gasteiger partial charge in [-0.2, -0.15) is 0 Å². The smallest absolute Gasteiger partial charge is 0.241 e. The molecule has 1 N–H and O–H groups in total. The van der Waals surface area contributed by atoms with Crippen LogP contribution in [0.25, 0.3) is 0 Å². The predicted octanol–water partition coefficient (Wildman–Crippen LogP) is 3.36. The molecule has 2 heterocycles. The lowest BCUT2D eigenvalue weighted by Crippen LogP contribution is -2.38. The Kier molecular flexibility index (Phi) is 5.13. The molecule has 1 aliphatic heterocycles. The SMILES string of the molecule is Cc1ccc(CN(C(=O)CNCC2CC2)c2ccc3c(c2)OCCO3)s1. The van der Waals surface area contributed by atoms with Crippen LogP contribution in [0.5, 0.6) is 11.5 Å². The zero-order chi connectivity index (χ0) is 17.9. The Morgan fingerprint density at radius 3 is 2.73 bits per heavy atom. The highest BCUT2D eigenvalue weighted by Crippen LogP contribution is 2.35. The number of thiophene rings is 1. The van der Waals surface area contributed by atoms with E-state index in [2.05, 4.69) is 24.4 Å². The van der Waals surface area contributed by atoms with Crippen molar-refractivity contribution in [3.05, 3.63) is 40.1 Å². The Balaban J connectivity index is 1.53. The van der Waals surface area contributed by atoms with Gasteiger partial charge in [0.15, 0.2) is 11.5 Å². The molecule has 4 rings (SSSR count). The first-order valence-electron chi connectivity index (χ1n) is 9.15. The summed E-state index contributed by atoms with van der Waals surface area (Å²) in [7, 11) is 0. The second-order valence-electron chi connectivity index (χ2n) is 6.89. The van der Waals surface area contributed by atoms with E-state index in [0.29, 0.717) is 32.1 Å². The van der Waals surface area contributed by atoms with Crippen molar-refractivity contribution in [2.75, 3.05) is 31.2 Å². The van der Waals surface area contributed by atoms with Gasteiger partial charge in [-0.25, -0.2) is 0 Å². The molecule has 1 fully saturated rings. The number of fused-ring (bicyclic) bond motifs is 1. The number of rotatable bonds is 7. The summed E-state index contributed by atoms with van der Waals surface area (Å²) in [5.74, 6) is 2.28. The van der Waals surface area contributed by atoms with Crippen LogP contribution in [0.4, 0.5) is 5.69 Å². The number of hydrogen-bond acceptors (Lipinski definition) is 5. The van der Waals surface area contributed by atoms with Gasteiger partial charge in [0.2, 0.25) is 5.91 Å². The predicted molar refractivity (Wildman–Crippen MR) is 103 cm³/mol. The van der Waals surface area contributed by atoms with Crippen molar-refractivity contribution >= 4 is 22.9 Å². The molecule has 6 heteroatoms. The van der Waals surface area contributed by atoms with E-state index in [1.807, 2.05) is 23.1 Å². The Labute approximate surface area is 157 Å². The number of anilines is 1. The summed E-state index contributed by atoms with van der Waals surface area (Å²) in [5.41, 5.74) is 0.846. The zero-order valence-corrected chi connectivity index (χ0v) is 15.8. The largest absolute Gasteiger partial charge is 0.486 e. The average molecular weight is 372 g/mol. The Bertz CT molecular complexity index is 785. The van der Waals surface area contributed by atoms with Gasteiger partial charge in [-0.1, -0.05) is 0 Å². The first kappa shape index (κ1) is 17.4. The van der Waals surface area contributed by atoms with Gasteiger partial charge in [-0.15, -0.1) is 11.3 Å². The van der Waals surface area contributed by atoms with Gasteiger partial charge in [0.1, 0.15) is 13.2 Å². The maximum atomic E-state index is 12.9. The summed E-state index contributed by atoms with van der Waals surface area (Å²) in [6.45, 7) is 5.05. The van der Waals surface area contributed by atoms with Gasteiger partial charge in [-0.3, -0.25) is 4.79 Å². The van der Waals surface area contributed by atoms with Crippen molar-refractivity contribution in [1.82, 2.24) is 5.32 Å². The van der Waals surface area contributed by atoms with E-state index in [4.69, 9.17) is 9.47 Å². The molecule has 0 unspecified atom stereocenters. The summed E-state index contributed by atoms with van der Waals surface area (Å²) in [4.78, 5) is 17.2. The minimum atomic E-state index is 0.0772. The normalized spacial score (nSPS) is 15.7. The molecular formula is C20H24N2O3S. The second-order valence-corrected chi connectivity index (χ2v) is 8.27. The van der Waals surface area contributed by atoms with Crippen LogP contribution >= 0.6 is 11.3 Å². The average Bonchev–Trinajstić information content (AvgIpc) is 3.39. The van der Waals surface area contributed by atoms with Crippen LogP contribution in [0, 0.1) is 12.8 Å². The lowest BCUT2D eigenvalue weighted by Gasteiger charge is -2.25. The maximum Gasteiger partial charge on any atom is 0.241 e. The number of carbonyl (C=O) groups is 1. The van der Waals surface area contributed by atoms with Gasteiger partial charge in [0, 0.05) is 21.5 Å². The number of ether oxygens (including phenoxy) is 2. The van der Waals surface area contributed by atoms with Gasteiger partial charge >= 0.3 is 0 Å². The Morgan fingerprint density at radius 1 is 1.19 bits per heavy atom. The van der Waals surface area contributed by atoms with Gasteiger partial charge in [-0.05, 0) is 56.5 Å². The summed E-state index contributed by atoms with van der Waals surface area (Å²) < 4.78 is 11.3. The molecule has 26 heavy (non-hydrogen) atoms. The third kappa shape index (κ3) is 4.19. The molecule has 138 valence electrons. The quantitative estimate of drug-likeness (QED) is 0.810. The van der Waals surface area contributed by atoms with E-state index in [1.54, 1.807) is 11.3 Å². The summed E-state index contributed by atoms with van der Waals surface area (Å²) in [6.07, 6.45) is 2.56. The fourth-order valence-corrected chi connectivity index (χ4v) is 3.93. The molecule has 0 atom stereocenters. The molecule has 2 aromatic rings. The van der Waals surface area contributed by atoms with E-state index in [-0.39, 0.29) is 5.91 Å². The maximum absolute atomic E-state index is 12.9. The molecule has 1 amide bonds. The molecule has 5 nitrogen and oxygen atoms in total. The first-order valence-corrected chi connectivity index (χ1v) is 9.97. The van der Waals surface area contributed by atoms with Crippen LogP contribution < -0.4 is 19.7 Å². The van der Waals surface area contributed by atoms with E-state index >= 15 is 0 Å². The van der Waals surface area contributed by atoms with E-state index in [0.717, 1.165) is 23.9 Å². The van der Waals surface area contributed by atoms with Crippen molar-refractivity contribution < 1.29 is 14.3 Å². The molecule has 0 spiro atoms. The third-order valence-corrected chi connectivity index (χ3v) is 5.64. The number of aryl methyl sites for hydroxylation is 1. The lowest BCUT2D eigenvalue weighted by atomic mass is 10.2. The standard InChI is InChI=1S/C20H24N2O3S/c1-14-2-6-17(26-14)13-22(20(23)12-21-11-15-3-4-15)16-5-7-18-19(10-16)25-9-8-24-18/h2,5-7,10,15,21H,3-4,8-9,11-13H2,1H3. The zero-order valence-electron chi connectivity index (χ0n) is 15.0. The van der Waals surface area contributed by atoms with Crippen LogP contribution in [-0.2, 0) is 11.3 Å². The van der Waals surface area contributed by atoms with Gasteiger partial charge < -0.3 is 19.7 Å². The topological polar surface area (TPSA) is 50.8 Å². The van der Waals surface area contributed by atoms with Crippen molar-refractivity contribution in [2.45, 2.75) is 26.3 Å². The highest BCUT2D eigenvalue weighted by molar-refractivity contribution is 7.11. The molecular weight excluding hydrogens is 348 g/mol. The van der Waals surface area contributed by atoms with Crippen LogP contribution in [0.15, 0.2) is 30.3 Å². The van der Waals surface area contributed by atoms with Crippen molar-refractivity contribution in [3.63, 3.8) is 0 Å². The van der Waals surface area contributed by atoms with Gasteiger partial charge in [0.05, 0.1) is 13.1 Å². The van der Waals surface area contributed by atoms with Crippen LogP contribution in [0.3, 0.4) is 0 Å². The van der Waals surface area contributed by atoms with Crippen molar-refractivity contribution in [3.8, 4) is 11.5 Å². The molecule has 0 saturated heterocycles. The van der Waals surface area contributed by atoms with Gasteiger partial charge in [0.25, 0.3) is 0 Å². The number of benzene rings is 1. The highest BCUT2D eigenvalue weighted by atomic mass is 32.1. The molecule has 0 radical (unpaired) electrons. The number of nitrogens with one attached hydrogen (secondary N) is 1. The van der Waals surface area contributed by atoms with Crippen molar-refractivity contribution in [1.29, 1.82) is 0 Å². The number of nitrogens with zero attached hydrogens (tertiary/aromatic N) is 1. The minimum absolute atomic E-state index is 0.0772. The summed E-state index contributed by atoms with van der Waals surface area (Å²) in [5, 5.41) is 3.31. The lowest BCUT2D eigenvalue weighted by molar-refractivity contribution is -0.117. The van der Waals surface area contributed by atoms with E-state index in [1.165, 1.54) is 22.6 Å². The van der Waals surface area contributed by atoms with Crippen molar-refractivity contribution in [2.24, 2.45) is 5.92 Å². The fraction of sp³-hybridized carbons (Fsp3) is 0.450. The van der Waals surface area contributed by atoms with Crippen LogP contribution in [0.2, 0.25) is 0 Å². The molecule has 1 saturated carbocycles. The molecule has 1 aromatic heterocycles. The summed E-state index contributed by atoms with van der Waals surface area (Å²) >= 11 is 1.73. The fourth-order valence-electron chi connectivity index (χ4n) is 3.05. The number of carbonyl (C=O) groups excluding carboxylic acids is 1. The minimum Gasteiger partial charge on any atom is -0.486 e. The monoisotopic (exact) mass is 372 g/mol. The highest BCUT2D eigenvalue weighted by Gasteiger charge is 2.23. The van der Waals surface area contributed by atoms with E-state index in [9.17, 15) is 4.79 Å². The summed E-state index contributed by atoms with van der Waals surface area (Å²) in [6, 6.07) is 9.93. The number of hydrogen-bond donors (Lipinski definition) is 1. The van der Waals surface area contributed by atoms with Crippen LogP contribution in [-0.4, -0.2) is 32.2 Å².